The predicted octanol–water partition coefficient (Wildman–Crippen LogP) is -0.273. The van der Waals surface area contributed by atoms with Crippen LogP contribution in [0.3, 0.4) is 0 Å². The van der Waals surface area contributed by atoms with Crippen LogP contribution in [0.1, 0.15) is 12.8 Å². The van der Waals surface area contributed by atoms with Gasteiger partial charge in [0.2, 0.25) is 0 Å². The van der Waals surface area contributed by atoms with Crippen LogP contribution in [0.5, 0.6) is 0 Å². The summed E-state index contributed by atoms with van der Waals surface area (Å²) >= 11 is 0. The van der Waals surface area contributed by atoms with E-state index in [4.69, 9.17) is 9.84 Å². The summed E-state index contributed by atoms with van der Waals surface area (Å²) in [5, 5.41) is 14.4. The molecular weight excluding hydrogens is 238 g/mol. The molecular formula is C11H23N3O4. The van der Waals surface area contributed by atoms with Gasteiger partial charge in [0.1, 0.15) is 6.04 Å². The second-order valence-corrected chi connectivity index (χ2v) is 4.00. The van der Waals surface area contributed by atoms with E-state index >= 15 is 0 Å². The first-order valence-electron chi connectivity index (χ1n) is 5.90. The standard InChI is InChI=1S/C11H23N3O4/c1-12-6-4-7-14(2)11(17)13-9(10(15)16)5-8-18-3/h9,12H,4-8H2,1-3H3,(H,13,17)(H,15,16). The Labute approximate surface area is 107 Å². The number of hydrogen-bond donors (Lipinski definition) is 3. The van der Waals surface area contributed by atoms with Crippen LogP contribution in [0.4, 0.5) is 4.79 Å². The Hall–Kier alpha value is -1.34. The number of urea groups is 1. The van der Waals surface area contributed by atoms with Crippen LogP contribution in [0.2, 0.25) is 0 Å². The number of carbonyl (C=O) groups is 2. The minimum Gasteiger partial charge on any atom is -0.480 e. The molecule has 0 aliphatic carbocycles. The Morgan fingerprint density at radius 1 is 1.44 bits per heavy atom. The van der Waals surface area contributed by atoms with Gasteiger partial charge >= 0.3 is 12.0 Å². The molecule has 1 unspecified atom stereocenters. The zero-order chi connectivity index (χ0) is 14.0. The Morgan fingerprint density at radius 3 is 2.61 bits per heavy atom. The number of carboxylic acids is 1. The van der Waals surface area contributed by atoms with Crippen molar-refractivity contribution in [3.05, 3.63) is 0 Å². The van der Waals surface area contributed by atoms with Crippen LogP contribution in [0.15, 0.2) is 0 Å². The summed E-state index contributed by atoms with van der Waals surface area (Å²) in [7, 11) is 4.97. The van der Waals surface area contributed by atoms with Crippen LogP contribution in [0, 0.1) is 0 Å². The van der Waals surface area contributed by atoms with Gasteiger partial charge in [-0.3, -0.25) is 0 Å². The molecule has 0 rings (SSSR count). The molecule has 0 fully saturated rings. The molecule has 0 radical (unpaired) electrons. The van der Waals surface area contributed by atoms with Crippen molar-refractivity contribution in [3.63, 3.8) is 0 Å². The molecule has 0 aromatic rings. The number of ether oxygens (including phenoxy) is 1. The van der Waals surface area contributed by atoms with Crippen molar-refractivity contribution < 1.29 is 19.4 Å². The molecule has 0 heterocycles. The zero-order valence-corrected chi connectivity index (χ0v) is 11.2. The van der Waals surface area contributed by atoms with Crippen molar-refractivity contribution in [3.8, 4) is 0 Å². The van der Waals surface area contributed by atoms with Crippen molar-refractivity contribution in [1.82, 2.24) is 15.5 Å². The van der Waals surface area contributed by atoms with Gasteiger partial charge in [0.25, 0.3) is 0 Å². The smallest absolute Gasteiger partial charge is 0.326 e. The maximum Gasteiger partial charge on any atom is 0.326 e. The van der Waals surface area contributed by atoms with Gasteiger partial charge < -0.3 is 25.4 Å². The summed E-state index contributed by atoms with van der Waals surface area (Å²) in [4.78, 5) is 24.1. The number of carbonyl (C=O) groups excluding carboxylic acids is 1. The molecule has 0 aromatic heterocycles. The second-order valence-electron chi connectivity index (χ2n) is 4.00. The molecule has 0 aliphatic rings. The van der Waals surface area contributed by atoms with Crippen molar-refractivity contribution in [2.75, 3.05) is 40.9 Å². The lowest BCUT2D eigenvalue weighted by atomic mass is 10.2. The molecule has 1 atom stereocenters. The fourth-order valence-electron chi connectivity index (χ4n) is 1.35. The summed E-state index contributed by atoms with van der Waals surface area (Å²) in [5.74, 6) is -1.05. The minimum absolute atomic E-state index is 0.252. The lowest BCUT2D eigenvalue weighted by molar-refractivity contribution is -0.139. The molecule has 0 saturated carbocycles. The van der Waals surface area contributed by atoms with Gasteiger partial charge in [0.15, 0.2) is 0 Å². The van der Waals surface area contributed by atoms with E-state index in [1.165, 1.54) is 12.0 Å². The topological polar surface area (TPSA) is 90.9 Å². The molecule has 18 heavy (non-hydrogen) atoms. The highest BCUT2D eigenvalue weighted by atomic mass is 16.5. The molecule has 3 N–H and O–H groups in total. The number of hydrogen-bond acceptors (Lipinski definition) is 4. The fourth-order valence-corrected chi connectivity index (χ4v) is 1.35. The van der Waals surface area contributed by atoms with Crippen LogP contribution >= 0.6 is 0 Å². The molecule has 106 valence electrons. The van der Waals surface area contributed by atoms with Crippen LogP contribution < -0.4 is 10.6 Å². The summed E-state index contributed by atoms with van der Waals surface area (Å²) < 4.78 is 4.81. The lowest BCUT2D eigenvalue weighted by Crippen LogP contribution is -2.47. The van der Waals surface area contributed by atoms with E-state index < -0.39 is 12.0 Å². The number of carboxylic acid groups (broad SMARTS) is 1. The van der Waals surface area contributed by atoms with E-state index in [0.717, 1.165) is 13.0 Å². The van der Waals surface area contributed by atoms with Crippen molar-refractivity contribution in [1.29, 1.82) is 0 Å². The van der Waals surface area contributed by atoms with E-state index in [-0.39, 0.29) is 12.5 Å². The maximum atomic E-state index is 11.7. The Morgan fingerprint density at radius 2 is 2.11 bits per heavy atom. The van der Waals surface area contributed by atoms with Crippen molar-refractivity contribution >= 4 is 12.0 Å². The summed E-state index contributed by atoms with van der Waals surface area (Å²) in [5.41, 5.74) is 0. The van der Waals surface area contributed by atoms with Crippen molar-refractivity contribution in [2.24, 2.45) is 0 Å². The van der Waals surface area contributed by atoms with Crippen LogP contribution in [-0.2, 0) is 9.53 Å². The molecule has 0 aliphatic heterocycles. The van der Waals surface area contributed by atoms with Gasteiger partial charge in [0, 0.05) is 33.7 Å². The molecule has 0 bridgehead atoms. The SMILES string of the molecule is CNCCCN(C)C(=O)NC(CCOC)C(=O)O. The Balaban J connectivity index is 4.10. The largest absolute Gasteiger partial charge is 0.480 e. The number of nitrogens with zero attached hydrogens (tertiary/aromatic N) is 1. The third-order valence-electron chi connectivity index (χ3n) is 2.47. The second kappa shape index (κ2) is 9.67. The monoisotopic (exact) mass is 261 g/mol. The van der Waals surface area contributed by atoms with E-state index in [9.17, 15) is 9.59 Å². The van der Waals surface area contributed by atoms with Crippen LogP contribution in [-0.4, -0.2) is 69.0 Å². The van der Waals surface area contributed by atoms with Crippen LogP contribution in [0.25, 0.3) is 0 Å². The maximum absolute atomic E-state index is 11.7. The highest BCUT2D eigenvalue weighted by Gasteiger charge is 2.21. The van der Waals surface area contributed by atoms with E-state index in [2.05, 4.69) is 10.6 Å². The van der Waals surface area contributed by atoms with Gasteiger partial charge in [-0.25, -0.2) is 9.59 Å². The quantitative estimate of drug-likeness (QED) is 0.497. The number of methoxy groups -OCH3 is 1. The number of nitrogens with one attached hydrogen (secondary N) is 2. The van der Waals surface area contributed by atoms with Gasteiger partial charge in [-0.2, -0.15) is 0 Å². The summed E-state index contributed by atoms with van der Waals surface area (Å²) in [6.07, 6.45) is 1.07. The number of amides is 2. The first kappa shape index (κ1) is 16.7. The molecule has 0 spiro atoms. The lowest BCUT2D eigenvalue weighted by Gasteiger charge is -2.21. The van der Waals surface area contributed by atoms with E-state index in [0.29, 0.717) is 13.2 Å². The Bertz CT molecular complexity index is 261. The average molecular weight is 261 g/mol. The van der Waals surface area contributed by atoms with Gasteiger partial charge in [0.05, 0.1) is 0 Å². The summed E-state index contributed by atoms with van der Waals surface area (Å²) in [6, 6.07) is -1.29. The normalized spacial score (nSPS) is 11.9. The Kier molecular flexibility index (Phi) is 8.95. The predicted molar refractivity (Wildman–Crippen MR) is 67.6 cm³/mol. The number of aliphatic carboxylic acids is 1. The highest BCUT2D eigenvalue weighted by Crippen LogP contribution is 1.96. The number of rotatable bonds is 9. The third-order valence-corrected chi connectivity index (χ3v) is 2.47. The third kappa shape index (κ3) is 7.08. The molecule has 0 aromatic carbocycles. The first-order valence-corrected chi connectivity index (χ1v) is 5.90. The fraction of sp³-hybridized carbons (Fsp3) is 0.818. The average Bonchev–Trinajstić information content (AvgIpc) is 2.33. The van der Waals surface area contributed by atoms with Gasteiger partial charge in [-0.1, -0.05) is 0 Å². The van der Waals surface area contributed by atoms with Gasteiger partial charge in [-0.05, 0) is 20.0 Å². The highest BCUT2D eigenvalue weighted by molar-refractivity contribution is 5.82. The zero-order valence-electron chi connectivity index (χ0n) is 11.2. The first-order chi connectivity index (χ1) is 8.52. The molecule has 2 amide bonds. The van der Waals surface area contributed by atoms with Crippen molar-refractivity contribution in [2.45, 2.75) is 18.9 Å². The van der Waals surface area contributed by atoms with E-state index in [1.54, 1.807) is 7.05 Å². The molecule has 7 nitrogen and oxygen atoms in total. The summed E-state index contributed by atoms with van der Waals surface area (Å²) in [6.45, 7) is 1.67. The minimum atomic E-state index is -1.05. The molecule has 0 saturated heterocycles. The molecule has 7 heteroatoms. The van der Waals surface area contributed by atoms with Gasteiger partial charge in [-0.15, -0.1) is 0 Å². The van der Waals surface area contributed by atoms with E-state index in [1.807, 2.05) is 7.05 Å².